The van der Waals surface area contributed by atoms with Crippen molar-refractivity contribution in [2.75, 3.05) is 0 Å². The molecule has 0 heterocycles. The van der Waals surface area contributed by atoms with Gasteiger partial charge < -0.3 is 37.6 Å². The van der Waals surface area contributed by atoms with Gasteiger partial charge in [0.1, 0.15) is 0 Å². The van der Waals surface area contributed by atoms with Crippen LogP contribution in [-0.2, 0) is 32.7 Å². The van der Waals surface area contributed by atoms with E-state index in [1.165, 1.54) is 0 Å². The van der Waals surface area contributed by atoms with Crippen LogP contribution in [0.25, 0.3) is 0 Å². The quantitative estimate of drug-likeness (QED) is 0.221. The van der Waals surface area contributed by atoms with Crippen molar-refractivity contribution < 1.29 is 112 Å². The molecule has 0 saturated heterocycles. The Bertz CT molecular complexity index is 14.1. The van der Waals surface area contributed by atoms with Crippen molar-refractivity contribution in [2.45, 2.75) is 0 Å². The predicted molar refractivity (Wildman–Crippen MR) is 5.75 cm³/mol. The van der Waals surface area contributed by atoms with Gasteiger partial charge in [0.2, 0.25) is 0 Å². The maximum atomic E-state index is 0. The minimum Gasteiger partial charge on any atom is -1.00 e. The summed E-state index contributed by atoms with van der Waals surface area (Å²) in [4.78, 5) is 0. The van der Waals surface area contributed by atoms with E-state index >= 15 is 0 Å². The molecule has 0 spiro atoms. The van der Waals surface area contributed by atoms with Gasteiger partial charge in [0.25, 0.3) is 0 Å². The molecule has 0 fully saturated rings. The summed E-state index contributed by atoms with van der Waals surface area (Å²) in [5, 5.41) is 0. The zero-order valence-electron chi connectivity index (χ0n) is 4.89. The van der Waals surface area contributed by atoms with Crippen LogP contribution in [0.3, 0.4) is 0 Å². The van der Waals surface area contributed by atoms with Crippen molar-refractivity contribution in [1.29, 1.82) is 0 Å². The van der Waals surface area contributed by atoms with Crippen LogP contribution >= 0.6 is 0 Å². The van der Waals surface area contributed by atoms with Crippen molar-refractivity contribution in [1.82, 2.24) is 0 Å². The molecule has 0 aromatic carbocycles. The molecular formula is BaF8PrY. The number of rotatable bonds is 0. The summed E-state index contributed by atoms with van der Waals surface area (Å²) in [5.41, 5.74) is 0. The molecule has 0 saturated carbocycles. The van der Waals surface area contributed by atoms with Gasteiger partial charge in [-0.1, -0.05) is 0 Å². The number of halogens is 8. The molecule has 0 aliphatic rings. The third kappa shape index (κ3) is 147. The van der Waals surface area contributed by atoms with Crippen molar-refractivity contribution >= 4 is 48.9 Å². The van der Waals surface area contributed by atoms with Crippen LogP contribution < -0.4 is 37.6 Å². The van der Waals surface area contributed by atoms with E-state index in [1.54, 1.807) is 0 Å². The van der Waals surface area contributed by atoms with Gasteiger partial charge >= 0.3 is 123 Å². The van der Waals surface area contributed by atoms with E-state index in [9.17, 15) is 0 Å². The second-order valence-corrected chi connectivity index (χ2v) is 0. The second kappa shape index (κ2) is 173. The fourth-order valence-corrected chi connectivity index (χ4v) is 0. The van der Waals surface area contributed by atoms with Gasteiger partial charge in [-0.25, -0.2) is 0 Å². The van der Waals surface area contributed by atoms with Gasteiger partial charge in [-0.3, -0.25) is 0 Å². The molecule has 0 bridgehead atoms. The first kappa shape index (κ1) is 217. The fraction of sp³-hybridized carbons (Fsp3) is 0. The molecule has 0 atom stereocenters. The van der Waals surface area contributed by atoms with Gasteiger partial charge in [-0.2, -0.15) is 0 Å². The van der Waals surface area contributed by atoms with E-state index in [-0.39, 0.29) is 161 Å². The Morgan fingerprint density at radius 2 is 0.364 bits per heavy atom. The Labute approximate surface area is 157 Å². The summed E-state index contributed by atoms with van der Waals surface area (Å²) in [5.74, 6) is 0. The monoisotopic (exact) mass is 520 g/mol. The van der Waals surface area contributed by atoms with Gasteiger partial charge in [-0.15, -0.1) is 0 Å². The van der Waals surface area contributed by atoms with E-state index in [1.807, 2.05) is 0 Å². The minimum atomic E-state index is 0. The molecule has 0 N–H and O–H groups in total. The summed E-state index contributed by atoms with van der Waals surface area (Å²) >= 11 is 0. The summed E-state index contributed by atoms with van der Waals surface area (Å²) in [6.45, 7) is 0. The van der Waals surface area contributed by atoms with E-state index in [2.05, 4.69) is 0 Å². The maximum absolute atomic E-state index is 0. The first-order chi connectivity index (χ1) is 0. The third-order valence-electron chi connectivity index (χ3n) is 0. The van der Waals surface area contributed by atoms with Gasteiger partial charge in [0, 0.05) is 0 Å². The molecule has 11 heavy (non-hydrogen) atoms. The predicted octanol–water partition coefficient (Wildman–Crippen LogP) is -24.4. The Balaban J connectivity index is 0. The fourth-order valence-electron chi connectivity index (χ4n) is 0. The van der Waals surface area contributed by atoms with Crippen LogP contribution in [0.1, 0.15) is 0 Å². The molecule has 0 rings (SSSR count). The number of hydrogen-bond acceptors (Lipinski definition) is 0. The zero-order chi connectivity index (χ0) is 0. The van der Waals surface area contributed by atoms with Crippen molar-refractivity contribution in [3.8, 4) is 0 Å². The Hall–Kier alpha value is 3.48. The topological polar surface area (TPSA) is 0 Å². The van der Waals surface area contributed by atoms with Crippen molar-refractivity contribution in [3.63, 3.8) is 0 Å². The average Bonchev–Trinajstić information content (AvgIpc) is 0. The second-order valence-electron chi connectivity index (χ2n) is 0. The van der Waals surface area contributed by atoms with E-state index in [0.29, 0.717) is 0 Å². The molecule has 0 aliphatic carbocycles. The molecule has 0 amide bonds. The van der Waals surface area contributed by atoms with Gasteiger partial charge in [0.05, 0.1) is 0 Å². The van der Waals surface area contributed by atoms with Crippen LogP contribution in [0.4, 0.5) is 0 Å². The number of hydrogen-bond donors (Lipinski definition) is 0. The largest absolute Gasteiger partial charge is 3.00 e. The van der Waals surface area contributed by atoms with E-state index < -0.39 is 0 Å². The first-order valence-electron chi connectivity index (χ1n) is 0. The summed E-state index contributed by atoms with van der Waals surface area (Å²) in [7, 11) is 0. The SMILES string of the molecule is [Ba+2].[F-].[F-].[F-].[F-].[F-].[F-].[F-].[F-].[Pr+3].[Y+3]. The van der Waals surface area contributed by atoms with E-state index in [4.69, 9.17) is 0 Å². The van der Waals surface area contributed by atoms with E-state index in [0.717, 1.165) is 0 Å². The Morgan fingerprint density at radius 1 is 0.364 bits per heavy atom. The summed E-state index contributed by atoms with van der Waals surface area (Å²) < 4.78 is 0. The average molecular weight is 519 g/mol. The molecule has 0 unspecified atom stereocenters. The minimum absolute atomic E-state index is 0. The molecule has 0 aromatic heterocycles. The van der Waals surface area contributed by atoms with Crippen LogP contribution in [0.15, 0.2) is 0 Å². The normalized spacial score (nSPS) is 0. The molecule has 0 aromatic rings. The van der Waals surface area contributed by atoms with Gasteiger partial charge in [-0.05, 0) is 0 Å². The van der Waals surface area contributed by atoms with Crippen molar-refractivity contribution in [3.05, 3.63) is 0 Å². The molecule has 0 aliphatic heterocycles. The van der Waals surface area contributed by atoms with Gasteiger partial charge in [0.15, 0.2) is 0 Å². The Kier molecular flexibility index (Phi) is 3430. The van der Waals surface area contributed by atoms with Crippen molar-refractivity contribution in [2.24, 2.45) is 0 Å². The standard InChI is InChI=1S/Ba.8FH.Pr.Y/h;8*1H;;/q+2;;;;;;;;;2*+3/p-8. The zero-order valence-corrected chi connectivity index (χ0v) is 15.9. The summed E-state index contributed by atoms with van der Waals surface area (Å²) in [6.07, 6.45) is 0. The van der Waals surface area contributed by atoms with Crippen LogP contribution in [0, 0.1) is 41.3 Å². The Morgan fingerprint density at radius 3 is 0.364 bits per heavy atom. The van der Waals surface area contributed by atoms with Crippen LogP contribution in [-0.4, -0.2) is 48.9 Å². The molecule has 11 heteroatoms. The molecule has 0 radical (unpaired) electrons. The molecule has 64 valence electrons. The third-order valence-corrected chi connectivity index (χ3v) is 0. The maximum Gasteiger partial charge on any atom is 3.00 e. The smallest absolute Gasteiger partial charge is 1.00 e. The van der Waals surface area contributed by atoms with Crippen LogP contribution in [0.5, 0.6) is 0 Å². The molecular weight excluding hydrogens is 519 g/mol. The van der Waals surface area contributed by atoms with Crippen LogP contribution in [0.2, 0.25) is 0 Å². The summed E-state index contributed by atoms with van der Waals surface area (Å²) in [6, 6.07) is 0. The first-order valence-corrected chi connectivity index (χ1v) is 0. The molecule has 0 nitrogen and oxygen atoms in total.